The minimum absolute atomic E-state index is 0.192. The third-order valence-electron chi connectivity index (χ3n) is 5.14. The van der Waals surface area contributed by atoms with E-state index in [9.17, 15) is 0 Å². The number of aryl methyl sites for hydroxylation is 2. The van der Waals surface area contributed by atoms with E-state index < -0.39 is 0 Å². The monoisotopic (exact) mass is 316 g/mol. The molecular weight excluding hydrogens is 292 g/mol. The van der Waals surface area contributed by atoms with Crippen LogP contribution >= 0.6 is 0 Å². The van der Waals surface area contributed by atoms with Crippen LogP contribution < -0.4 is 0 Å². The SMILES string of the molecule is OCCCn1nc(C2CCCC2)nc1C1CCn2ncnc2C1. The Labute approximate surface area is 135 Å². The molecule has 23 heavy (non-hydrogen) atoms. The fraction of sp³-hybridized carbons (Fsp3) is 0.750. The van der Waals surface area contributed by atoms with Crippen molar-refractivity contribution in [2.75, 3.05) is 6.61 Å². The predicted octanol–water partition coefficient (Wildman–Crippen LogP) is 1.64. The maximum atomic E-state index is 9.17. The second kappa shape index (κ2) is 6.39. The van der Waals surface area contributed by atoms with Crippen molar-refractivity contribution in [3.05, 3.63) is 23.8 Å². The number of hydrogen-bond donors (Lipinski definition) is 1. The zero-order chi connectivity index (χ0) is 15.6. The average molecular weight is 316 g/mol. The molecule has 1 saturated carbocycles. The normalized spacial score (nSPS) is 21.7. The number of nitrogens with zero attached hydrogens (tertiary/aromatic N) is 6. The Kier molecular flexibility index (Phi) is 4.11. The van der Waals surface area contributed by atoms with Crippen molar-refractivity contribution in [3.8, 4) is 0 Å². The quantitative estimate of drug-likeness (QED) is 0.907. The zero-order valence-corrected chi connectivity index (χ0v) is 13.4. The molecule has 1 atom stereocenters. The molecule has 0 amide bonds. The minimum atomic E-state index is 0.192. The molecule has 1 aliphatic carbocycles. The van der Waals surface area contributed by atoms with E-state index in [-0.39, 0.29) is 6.61 Å². The van der Waals surface area contributed by atoms with Gasteiger partial charge in [-0.1, -0.05) is 12.8 Å². The smallest absolute Gasteiger partial charge is 0.154 e. The van der Waals surface area contributed by atoms with Gasteiger partial charge < -0.3 is 5.11 Å². The molecule has 2 aromatic rings. The lowest BCUT2D eigenvalue weighted by molar-refractivity contribution is 0.274. The van der Waals surface area contributed by atoms with Crippen molar-refractivity contribution in [1.82, 2.24) is 29.5 Å². The second-order valence-electron chi connectivity index (χ2n) is 6.70. The molecule has 7 heteroatoms. The summed E-state index contributed by atoms with van der Waals surface area (Å²) in [5.41, 5.74) is 0. The van der Waals surface area contributed by atoms with Gasteiger partial charge in [0, 0.05) is 38.0 Å². The molecule has 0 radical (unpaired) electrons. The molecule has 0 aromatic carbocycles. The summed E-state index contributed by atoms with van der Waals surface area (Å²) in [6.45, 7) is 1.83. The highest BCUT2D eigenvalue weighted by Crippen LogP contribution is 2.34. The van der Waals surface area contributed by atoms with Crippen molar-refractivity contribution in [2.24, 2.45) is 0 Å². The van der Waals surface area contributed by atoms with E-state index in [2.05, 4.69) is 10.1 Å². The number of aromatic nitrogens is 6. The summed E-state index contributed by atoms with van der Waals surface area (Å²) < 4.78 is 4.03. The Morgan fingerprint density at radius 1 is 1.17 bits per heavy atom. The summed E-state index contributed by atoms with van der Waals surface area (Å²) >= 11 is 0. The molecule has 124 valence electrons. The molecule has 7 nitrogen and oxygen atoms in total. The molecule has 1 aliphatic heterocycles. The highest BCUT2D eigenvalue weighted by atomic mass is 16.3. The molecule has 1 fully saturated rings. The van der Waals surface area contributed by atoms with Crippen molar-refractivity contribution in [1.29, 1.82) is 0 Å². The summed E-state index contributed by atoms with van der Waals surface area (Å²) in [7, 11) is 0. The van der Waals surface area contributed by atoms with Gasteiger partial charge in [0.15, 0.2) is 5.82 Å². The molecule has 4 rings (SSSR count). The summed E-state index contributed by atoms with van der Waals surface area (Å²) in [6.07, 6.45) is 9.27. The van der Waals surface area contributed by atoms with Gasteiger partial charge in [0.1, 0.15) is 18.0 Å². The number of hydrogen-bond acceptors (Lipinski definition) is 5. The Morgan fingerprint density at radius 2 is 2.04 bits per heavy atom. The summed E-state index contributed by atoms with van der Waals surface area (Å²) in [5.74, 6) is 4.02. The Balaban J connectivity index is 1.60. The van der Waals surface area contributed by atoms with Crippen LogP contribution in [-0.2, 0) is 19.5 Å². The Bertz CT molecular complexity index is 657. The van der Waals surface area contributed by atoms with E-state index in [1.165, 1.54) is 25.7 Å². The van der Waals surface area contributed by atoms with Crippen LogP contribution in [0.1, 0.15) is 67.8 Å². The van der Waals surface area contributed by atoms with Crippen molar-refractivity contribution < 1.29 is 5.11 Å². The first-order chi connectivity index (χ1) is 11.3. The molecule has 2 aromatic heterocycles. The molecule has 0 spiro atoms. The third kappa shape index (κ3) is 2.89. The van der Waals surface area contributed by atoms with Crippen LogP contribution in [0.3, 0.4) is 0 Å². The number of fused-ring (bicyclic) bond motifs is 1. The van der Waals surface area contributed by atoms with Gasteiger partial charge in [-0.3, -0.25) is 4.68 Å². The van der Waals surface area contributed by atoms with E-state index in [0.717, 1.165) is 49.8 Å². The van der Waals surface area contributed by atoms with Gasteiger partial charge in [-0.15, -0.1) is 0 Å². The van der Waals surface area contributed by atoms with Crippen LogP contribution in [0.25, 0.3) is 0 Å². The lowest BCUT2D eigenvalue weighted by atomic mass is 9.97. The van der Waals surface area contributed by atoms with E-state index in [0.29, 0.717) is 11.8 Å². The third-order valence-corrected chi connectivity index (χ3v) is 5.14. The largest absolute Gasteiger partial charge is 0.396 e. The molecule has 2 aliphatic rings. The number of rotatable bonds is 5. The first-order valence-corrected chi connectivity index (χ1v) is 8.77. The summed E-state index contributed by atoms with van der Waals surface area (Å²) in [6, 6.07) is 0. The molecule has 0 bridgehead atoms. The number of aliphatic hydroxyl groups excluding tert-OH is 1. The zero-order valence-electron chi connectivity index (χ0n) is 13.4. The van der Waals surface area contributed by atoms with E-state index >= 15 is 0 Å². The minimum Gasteiger partial charge on any atom is -0.396 e. The van der Waals surface area contributed by atoms with Gasteiger partial charge in [0.05, 0.1) is 0 Å². The lowest BCUT2D eigenvalue weighted by Crippen LogP contribution is -2.22. The van der Waals surface area contributed by atoms with Gasteiger partial charge in [-0.25, -0.2) is 14.6 Å². The van der Waals surface area contributed by atoms with E-state index in [1.807, 2.05) is 9.36 Å². The molecule has 1 N–H and O–H groups in total. The predicted molar refractivity (Wildman–Crippen MR) is 84.0 cm³/mol. The highest BCUT2D eigenvalue weighted by molar-refractivity contribution is 5.09. The second-order valence-corrected chi connectivity index (χ2v) is 6.70. The fourth-order valence-corrected chi connectivity index (χ4v) is 3.87. The van der Waals surface area contributed by atoms with Crippen LogP contribution in [0.5, 0.6) is 0 Å². The standard InChI is InChI=1S/C16H24N6O/c23-9-3-7-22-16(19-15(20-22)12-4-1-2-5-12)13-6-8-21-14(10-13)17-11-18-21/h11-13,23H,1-10H2. The van der Waals surface area contributed by atoms with Crippen molar-refractivity contribution in [2.45, 2.75) is 69.9 Å². The molecule has 1 unspecified atom stereocenters. The topological polar surface area (TPSA) is 81.6 Å². The highest BCUT2D eigenvalue weighted by Gasteiger charge is 2.29. The van der Waals surface area contributed by atoms with Crippen LogP contribution in [0.15, 0.2) is 6.33 Å². The first kappa shape index (κ1) is 14.8. The van der Waals surface area contributed by atoms with Crippen molar-refractivity contribution >= 4 is 0 Å². The first-order valence-electron chi connectivity index (χ1n) is 8.77. The van der Waals surface area contributed by atoms with E-state index in [1.54, 1.807) is 6.33 Å². The van der Waals surface area contributed by atoms with Crippen LogP contribution in [0, 0.1) is 0 Å². The Hall–Kier alpha value is -1.76. The van der Waals surface area contributed by atoms with Gasteiger partial charge in [0.2, 0.25) is 0 Å². The van der Waals surface area contributed by atoms with Gasteiger partial charge in [-0.05, 0) is 25.7 Å². The summed E-state index contributed by atoms with van der Waals surface area (Å²) in [4.78, 5) is 9.30. The van der Waals surface area contributed by atoms with Crippen LogP contribution in [0.2, 0.25) is 0 Å². The molecule has 0 saturated heterocycles. The van der Waals surface area contributed by atoms with Crippen molar-refractivity contribution in [3.63, 3.8) is 0 Å². The molecule has 3 heterocycles. The molecular formula is C16H24N6O. The van der Waals surface area contributed by atoms with Gasteiger partial charge in [0.25, 0.3) is 0 Å². The maximum Gasteiger partial charge on any atom is 0.154 e. The van der Waals surface area contributed by atoms with Crippen LogP contribution in [-0.4, -0.2) is 41.2 Å². The number of aliphatic hydroxyl groups is 1. The van der Waals surface area contributed by atoms with Crippen LogP contribution in [0.4, 0.5) is 0 Å². The van der Waals surface area contributed by atoms with Gasteiger partial charge >= 0.3 is 0 Å². The average Bonchev–Trinajstić information content (AvgIpc) is 3.30. The maximum absolute atomic E-state index is 9.17. The van der Waals surface area contributed by atoms with E-state index in [4.69, 9.17) is 15.2 Å². The Morgan fingerprint density at radius 3 is 2.87 bits per heavy atom. The lowest BCUT2D eigenvalue weighted by Gasteiger charge is -2.21. The summed E-state index contributed by atoms with van der Waals surface area (Å²) in [5, 5.41) is 18.2. The fourth-order valence-electron chi connectivity index (χ4n) is 3.87. The van der Waals surface area contributed by atoms with Gasteiger partial charge in [-0.2, -0.15) is 10.2 Å².